The van der Waals surface area contributed by atoms with E-state index in [2.05, 4.69) is 20.8 Å². The number of fused-ring (bicyclic) bond motifs is 5. The van der Waals surface area contributed by atoms with E-state index < -0.39 is 17.1 Å². The zero-order valence-corrected chi connectivity index (χ0v) is 19.5. The van der Waals surface area contributed by atoms with Gasteiger partial charge in [0.05, 0.1) is 12.7 Å². The summed E-state index contributed by atoms with van der Waals surface area (Å²) in [6.45, 7) is 9.30. The number of carbonyl (C=O) groups excluding carboxylic acids is 2. The molecule has 4 aliphatic rings. The van der Waals surface area contributed by atoms with Gasteiger partial charge in [0, 0.05) is 23.4 Å². The van der Waals surface area contributed by atoms with Crippen molar-refractivity contribution in [1.29, 1.82) is 0 Å². The molecule has 3 fully saturated rings. The van der Waals surface area contributed by atoms with Crippen molar-refractivity contribution in [2.24, 2.45) is 28.6 Å². The van der Waals surface area contributed by atoms with Crippen LogP contribution in [0.4, 0.5) is 0 Å². The van der Waals surface area contributed by atoms with E-state index in [0.29, 0.717) is 32.0 Å². The molecule has 0 unspecified atom stereocenters. The Morgan fingerprint density at radius 2 is 1.94 bits per heavy atom. The van der Waals surface area contributed by atoms with Crippen LogP contribution in [0.3, 0.4) is 0 Å². The Bertz CT molecular complexity index is 800. The minimum atomic E-state index is -0.982. The second-order valence-corrected chi connectivity index (χ2v) is 10.6. The van der Waals surface area contributed by atoms with Crippen LogP contribution in [-0.4, -0.2) is 41.8 Å². The number of aliphatic hydroxyl groups excluding tert-OH is 1. The first kappa shape index (κ1) is 22.7. The third-order valence-electron chi connectivity index (χ3n) is 8.94. The molecule has 31 heavy (non-hydrogen) atoms. The third kappa shape index (κ3) is 3.26. The second kappa shape index (κ2) is 8.15. The lowest BCUT2D eigenvalue weighted by Gasteiger charge is -2.59. The van der Waals surface area contributed by atoms with Gasteiger partial charge in [0.25, 0.3) is 0 Å². The first-order valence-corrected chi connectivity index (χ1v) is 12.2. The van der Waals surface area contributed by atoms with Crippen LogP contribution in [0.15, 0.2) is 23.8 Å². The summed E-state index contributed by atoms with van der Waals surface area (Å²) in [4.78, 5) is 25.4. The average Bonchev–Trinajstić information content (AvgIpc) is 3.03. The van der Waals surface area contributed by atoms with Crippen LogP contribution >= 0.6 is 0 Å². The highest BCUT2D eigenvalue weighted by Gasteiger charge is 2.70. The number of hydrogen-bond acceptors (Lipinski definition) is 5. The lowest BCUT2D eigenvalue weighted by Crippen LogP contribution is -2.62. The number of ether oxygens (including phenoxy) is 2. The Morgan fingerprint density at radius 3 is 2.65 bits per heavy atom. The van der Waals surface area contributed by atoms with Gasteiger partial charge < -0.3 is 14.6 Å². The molecule has 0 aromatic rings. The van der Waals surface area contributed by atoms with Crippen LogP contribution in [0.1, 0.15) is 72.6 Å². The molecule has 0 radical (unpaired) electrons. The van der Waals surface area contributed by atoms with E-state index in [9.17, 15) is 14.7 Å². The molecule has 3 saturated carbocycles. The lowest BCUT2D eigenvalue weighted by molar-refractivity contribution is -0.210. The maximum Gasteiger partial charge on any atom is 0.338 e. The molecule has 0 saturated heterocycles. The number of ketones is 1. The third-order valence-corrected chi connectivity index (χ3v) is 8.94. The fraction of sp³-hybridized carbons (Fsp3) is 0.769. The Morgan fingerprint density at radius 1 is 1.19 bits per heavy atom. The van der Waals surface area contributed by atoms with E-state index in [1.807, 2.05) is 13.0 Å². The van der Waals surface area contributed by atoms with Crippen molar-refractivity contribution in [3.05, 3.63) is 23.8 Å². The van der Waals surface area contributed by atoms with Crippen molar-refractivity contribution in [1.82, 2.24) is 0 Å². The highest BCUT2D eigenvalue weighted by Crippen LogP contribution is 2.67. The van der Waals surface area contributed by atoms with Crippen LogP contribution in [-0.2, 0) is 19.1 Å². The quantitative estimate of drug-likeness (QED) is 0.633. The molecule has 0 heterocycles. The fourth-order valence-corrected chi connectivity index (χ4v) is 7.53. The van der Waals surface area contributed by atoms with E-state index in [1.165, 1.54) is 0 Å². The molecule has 5 heteroatoms. The molecule has 0 aliphatic heterocycles. The van der Waals surface area contributed by atoms with E-state index >= 15 is 0 Å². The van der Waals surface area contributed by atoms with Gasteiger partial charge in [-0.15, -0.1) is 0 Å². The summed E-state index contributed by atoms with van der Waals surface area (Å²) in [7, 11) is 0. The van der Waals surface area contributed by atoms with E-state index in [0.717, 1.165) is 37.7 Å². The van der Waals surface area contributed by atoms with Gasteiger partial charge in [-0.25, -0.2) is 4.79 Å². The van der Waals surface area contributed by atoms with Gasteiger partial charge in [-0.3, -0.25) is 4.79 Å². The van der Waals surface area contributed by atoms with Gasteiger partial charge in [-0.05, 0) is 68.9 Å². The maximum absolute atomic E-state index is 13.4. The van der Waals surface area contributed by atoms with Crippen LogP contribution in [0.25, 0.3) is 0 Å². The average molecular weight is 431 g/mol. The molecular formula is C26H38O5. The summed E-state index contributed by atoms with van der Waals surface area (Å²) in [6, 6.07) is 0. The van der Waals surface area contributed by atoms with Gasteiger partial charge >= 0.3 is 5.97 Å². The molecular weight excluding hydrogens is 392 g/mol. The lowest BCUT2D eigenvalue weighted by atomic mass is 9.46. The first-order valence-electron chi connectivity index (χ1n) is 12.2. The molecule has 0 aromatic heterocycles. The molecule has 5 nitrogen and oxygen atoms in total. The van der Waals surface area contributed by atoms with Gasteiger partial charge in [-0.2, -0.15) is 0 Å². The standard InChI is InChI=1S/C26H38O5/c1-5-13-30-23(29)26(31-14-6-2)12-10-20-19-8-7-17-15-18(27)9-11-24(17,3)22(19)21(28)16-25(20,26)4/h9,11,15,19-22,28H,5-8,10,12-14,16H2,1-4H3/t19-,20-,21-,22+,24-,25-,26-/m0/s1. The molecule has 172 valence electrons. The largest absolute Gasteiger partial charge is 0.464 e. The van der Waals surface area contributed by atoms with E-state index in [4.69, 9.17) is 9.47 Å². The minimum absolute atomic E-state index is 0.0487. The topological polar surface area (TPSA) is 72.8 Å². The SMILES string of the molecule is CCCOC(=O)[C@@]1(OCCC)CC[C@H]2[C@@H]3CCC4=CC(=O)C=C[C@]4(C)[C@H]3[C@@H](O)C[C@@]21C. The summed E-state index contributed by atoms with van der Waals surface area (Å²) >= 11 is 0. The van der Waals surface area contributed by atoms with Crippen LogP contribution < -0.4 is 0 Å². The minimum Gasteiger partial charge on any atom is -0.464 e. The van der Waals surface area contributed by atoms with Gasteiger partial charge in [0.15, 0.2) is 11.4 Å². The normalized spacial score (nSPS) is 43.6. The van der Waals surface area contributed by atoms with Crippen LogP contribution in [0, 0.1) is 28.6 Å². The fourth-order valence-electron chi connectivity index (χ4n) is 7.53. The zero-order valence-electron chi connectivity index (χ0n) is 19.5. The van der Waals surface area contributed by atoms with Crippen molar-refractivity contribution >= 4 is 11.8 Å². The molecule has 1 N–H and O–H groups in total. The molecule has 0 bridgehead atoms. The summed E-state index contributed by atoms with van der Waals surface area (Å²) < 4.78 is 12.1. The molecule has 4 aliphatic carbocycles. The van der Waals surface area contributed by atoms with Crippen molar-refractivity contribution in [2.45, 2.75) is 84.3 Å². The highest BCUT2D eigenvalue weighted by atomic mass is 16.6. The van der Waals surface area contributed by atoms with Gasteiger partial charge in [0.2, 0.25) is 0 Å². The van der Waals surface area contributed by atoms with Crippen LogP contribution in [0.5, 0.6) is 0 Å². The van der Waals surface area contributed by atoms with Gasteiger partial charge in [0.1, 0.15) is 0 Å². The summed E-state index contributed by atoms with van der Waals surface area (Å²) in [5, 5.41) is 11.5. The first-order chi connectivity index (χ1) is 14.7. The number of carbonyl (C=O) groups is 2. The number of rotatable bonds is 6. The smallest absolute Gasteiger partial charge is 0.338 e. The Kier molecular flexibility index (Phi) is 5.97. The number of aliphatic hydroxyl groups is 1. The molecule has 0 amide bonds. The molecule has 0 spiro atoms. The Labute approximate surface area is 186 Å². The molecule has 7 atom stereocenters. The number of allylic oxidation sites excluding steroid dienone is 4. The predicted molar refractivity (Wildman–Crippen MR) is 118 cm³/mol. The van der Waals surface area contributed by atoms with Crippen molar-refractivity contribution in [3.63, 3.8) is 0 Å². The highest BCUT2D eigenvalue weighted by molar-refractivity contribution is 6.01. The van der Waals surface area contributed by atoms with Crippen LogP contribution in [0.2, 0.25) is 0 Å². The van der Waals surface area contributed by atoms with Crippen molar-refractivity contribution in [3.8, 4) is 0 Å². The zero-order chi connectivity index (χ0) is 22.4. The summed E-state index contributed by atoms with van der Waals surface area (Å²) in [5.41, 5.74) is -0.586. The predicted octanol–water partition coefficient (Wildman–Crippen LogP) is 4.38. The Hall–Kier alpha value is -1.46. The van der Waals surface area contributed by atoms with Gasteiger partial charge in [-0.1, -0.05) is 39.3 Å². The summed E-state index contributed by atoms with van der Waals surface area (Å²) in [6.07, 6.45) is 10.4. The van der Waals surface area contributed by atoms with Crippen molar-refractivity contribution < 1.29 is 24.2 Å². The summed E-state index contributed by atoms with van der Waals surface area (Å²) in [5.74, 6) is 0.441. The Balaban J connectivity index is 1.71. The van der Waals surface area contributed by atoms with Crippen molar-refractivity contribution in [2.75, 3.05) is 13.2 Å². The number of hydrogen-bond donors (Lipinski definition) is 1. The number of esters is 1. The monoisotopic (exact) mass is 430 g/mol. The van der Waals surface area contributed by atoms with E-state index in [-0.39, 0.29) is 29.0 Å². The second-order valence-electron chi connectivity index (χ2n) is 10.6. The molecule has 4 rings (SSSR count). The molecule has 0 aromatic carbocycles. The van der Waals surface area contributed by atoms with E-state index in [1.54, 1.807) is 12.2 Å². The maximum atomic E-state index is 13.4.